The van der Waals surface area contributed by atoms with Gasteiger partial charge in [-0.25, -0.2) is 19.3 Å². The number of aromatic nitrogens is 4. The Kier molecular flexibility index (Phi) is 25.9. The van der Waals surface area contributed by atoms with Crippen molar-refractivity contribution in [3.63, 3.8) is 0 Å². The molecule has 0 aliphatic carbocycles. The number of fused-ring (bicyclic) bond motifs is 1. The molecule has 1 aliphatic heterocycles. The molecule has 8 unspecified atom stereocenters. The number of carbonyl (C=O) groups is 3. The molecular formula is C26H41N7Na3O17P3S. The molecule has 57 heavy (non-hydrogen) atoms. The average Bonchev–Trinajstić information content (AvgIpc) is 3.63. The molecule has 2 aromatic heterocycles. The Labute approximate surface area is 397 Å². The summed E-state index contributed by atoms with van der Waals surface area (Å²) >= 11 is 1.10. The van der Waals surface area contributed by atoms with Crippen LogP contribution >= 0.6 is 35.2 Å². The molecule has 31 heteroatoms. The predicted octanol–water partition coefficient (Wildman–Crippen LogP) is -11.0. The molecule has 1 aliphatic rings. The Hall–Kier alpha value is 0.560. The molecule has 8 atom stereocenters. The number of nitrogens with one attached hydrogen (secondary N) is 2. The average molecular weight is 918 g/mol. The minimum atomic E-state index is -5.89. The first-order valence-corrected chi connectivity index (χ1v) is 21.5. The Balaban J connectivity index is 0.0000105. The number of anilines is 1. The number of hydrogen-bond acceptors (Lipinski definition) is 21. The standard InChI is InChI=1S/C26H44N7O17P3S.3Na/c1-4-5-6-17(35)54-10-9-28-16(34)7-8-29-24(38)21(37)26(2,3)12-47-53(44,45)50-52(42,43)46-11-15-20(49-51(39,40)41)19(36)25(48-15)33-14-32-18-22(27)30-13-31-23(18)33;;;/h13-15,19-21,25,36-37H,4-12H2,1-3H3,(H,28,34)(H,29,38)(H,42,43)(H,44,45)(H2,27,30,31)(H2,39,40,41);;;/q;3*+1/p-3. The molecule has 2 amide bonds. The molecule has 7 N–H and O–H groups in total. The summed E-state index contributed by atoms with van der Waals surface area (Å²) in [4.78, 5) is 93.5. The van der Waals surface area contributed by atoms with E-state index in [0.717, 1.165) is 41.8 Å². The van der Waals surface area contributed by atoms with E-state index in [9.17, 15) is 57.9 Å². The van der Waals surface area contributed by atoms with Crippen molar-refractivity contribution >= 4 is 69.1 Å². The third kappa shape index (κ3) is 18.8. The summed E-state index contributed by atoms with van der Waals surface area (Å²) in [7, 11) is -17.3. The maximum absolute atomic E-state index is 12.5. The third-order valence-electron chi connectivity index (χ3n) is 7.48. The number of phosphoric acid groups is 3. The van der Waals surface area contributed by atoms with Crippen LogP contribution in [0.5, 0.6) is 0 Å². The van der Waals surface area contributed by atoms with Gasteiger partial charge in [-0.2, -0.15) is 0 Å². The van der Waals surface area contributed by atoms with E-state index in [0.29, 0.717) is 12.2 Å². The SMILES string of the molecule is CCCCC(=O)SCCNC(=O)CCNC(=O)C(O)C(C)(C)COP(=O)([O-])OP(=O)([O-])OCC1OC(n2cnc3c(N)ncnc32)C(O)C1OP(=O)([O-])O.[Na+].[Na+].[Na+]. The van der Waals surface area contributed by atoms with Crippen LogP contribution < -0.4 is 120 Å². The topological polar surface area (TPSA) is 372 Å². The largest absolute Gasteiger partial charge is 1.00 e. The van der Waals surface area contributed by atoms with Crippen molar-refractivity contribution in [3.05, 3.63) is 12.7 Å². The molecule has 24 nitrogen and oxygen atoms in total. The Morgan fingerprint density at radius 2 is 1.70 bits per heavy atom. The second-order valence-corrected chi connectivity index (χ2v) is 17.6. The van der Waals surface area contributed by atoms with Crippen molar-refractivity contribution in [2.75, 3.05) is 37.8 Å². The van der Waals surface area contributed by atoms with Crippen LogP contribution in [0.4, 0.5) is 5.82 Å². The molecule has 1 fully saturated rings. The number of ether oxygens (including phenoxy) is 1. The Morgan fingerprint density at radius 3 is 2.33 bits per heavy atom. The molecule has 3 heterocycles. The van der Waals surface area contributed by atoms with Crippen molar-refractivity contribution in [2.45, 2.75) is 77.1 Å². The number of aliphatic hydroxyl groups excluding tert-OH is 2. The van der Waals surface area contributed by atoms with Crippen molar-refractivity contribution in [1.29, 1.82) is 0 Å². The molecule has 0 aromatic carbocycles. The molecular weight excluding hydrogens is 876 g/mol. The number of unbranched alkanes of at least 4 members (excludes halogenated alkanes) is 1. The van der Waals surface area contributed by atoms with Crippen LogP contribution in [0.3, 0.4) is 0 Å². The zero-order chi connectivity index (χ0) is 40.5. The van der Waals surface area contributed by atoms with Crippen LogP contribution in [0.15, 0.2) is 12.7 Å². The summed E-state index contributed by atoms with van der Waals surface area (Å²) in [6.07, 6.45) is -5.23. The second-order valence-electron chi connectivity index (χ2n) is 12.3. The second kappa shape index (κ2) is 25.6. The first kappa shape index (κ1) is 57.6. The number of phosphoric ester groups is 3. The maximum Gasteiger partial charge on any atom is 1.00 e. The number of imidazole rings is 1. The van der Waals surface area contributed by atoms with Crippen LogP contribution in [-0.2, 0) is 50.7 Å². The van der Waals surface area contributed by atoms with Crippen molar-refractivity contribution in [1.82, 2.24) is 30.2 Å². The van der Waals surface area contributed by atoms with Gasteiger partial charge in [0.1, 0.15) is 36.3 Å². The Bertz CT molecular complexity index is 1780. The number of hydrogen-bond donors (Lipinski definition) is 6. The number of nitrogens with two attached hydrogens (primary N) is 1. The van der Waals surface area contributed by atoms with Gasteiger partial charge in [0.2, 0.25) is 11.8 Å². The molecule has 0 radical (unpaired) electrons. The normalized spacial score (nSPS) is 21.7. The summed E-state index contributed by atoms with van der Waals surface area (Å²) in [5, 5.41) is 26.2. The van der Waals surface area contributed by atoms with Crippen LogP contribution in [0.1, 0.15) is 52.7 Å². The van der Waals surface area contributed by atoms with Crippen LogP contribution in [0.25, 0.3) is 11.2 Å². The fourth-order valence-corrected chi connectivity index (χ4v) is 8.14. The van der Waals surface area contributed by atoms with Gasteiger partial charge in [-0.3, -0.25) is 32.6 Å². The number of nitrogens with zero attached hydrogens (tertiary/aromatic N) is 4. The molecule has 1 saturated heterocycles. The van der Waals surface area contributed by atoms with Gasteiger partial charge in [0.25, 0.3) is 23.5 Å². The number of carbonyl (C=O) groups excluding carboxylic acids is 3. The van der Waals surface area contributed by atoms with E-state index >= 15 is 0 Å². The van der Waals surface area contributed by atoms with Crippen LogP contribution in [0, 0.1) is 5.41 Å². The van der Waals surface area contributed by atoms with Crippen molar-refractivity contribution in [3.8, 4) is 0 Å². The van der Waals surface area contributed by atoms with E-state index in [1.165, 1.54) is 13.8 Å². The van der Waals surface area contributed by atoms with Gasteiger partial charge in [0.15, 0.2) is 22.8 Å². The van der Waals surface area contributed by atoms with Crippen molar-refractivity contribution < 1.29 is 169 Å². The van der Waals surface area contributed by atoms with Gasteiger partial charge in [-0.05, 0) is 6.42 Å². The van der Waals surface area contributed by atoms with Crippen LogP contribution in [-0.4, -0.2) is 108 Å². The van der Waals surface area contributed by atoms with E-state index in [1.54, 1.807) is 0 Å². The van der Waals surface area contributed by atoms with Crippen molar-refractivity contribution in [2.24, 2.45) is 5.41 Å². The number of nitrogen functional groups attached to an aromatic ring is 1. The zero-order valence-corrected chi connectivity index (χ0v) is 41.6. The fraction of sp³-hybridized carbons (Fsp3) is 0.692. The number of amides is 2. The van der Waals surface area contributed by atoms with Gasteiger partial charge in [0, 0.05) is 37.1 Å². The minimum Gasteiger partial charge on any atom is -0.756 e. The fourth-order valence-electron chi connectivity index (χ4n) is 4.67. The summed E-state index contributed by atoms with van der Waals surface area (Å²) in [6.45, 7) is 2.16. The summed E-state index contributed by atoms with van der Waals surface area (Å²) < 4.78 is 60.7. The monoisotopic (exact) mass is 917 g/mol. The Morgan fingerprint density at radius 1 is 1.05 bits per heavy atom. The molecule has 0 saturated carbocycles. The van der Waals surface area contributed by atoms with Gasteiger partial charge in [-0.1, -0.05) is 39.0 Å². The quantitative estimate of drug-likeness (QED) is 0.0363. The van der Waals surface area contributed by atoms with Gasteiger partial charge in [0.05, 0.1) is 19.5 Å². The molecule has 3 rings (SSSR count). The molecule has 306 valence electrons. The van der Waals surface area contributed by atoms with Crippen LogP contribution in [0.2, 0.25) is 0 Å². The summed E-state index contributed by atoms with van der Waals surface area (Å²) in [6, 6.07) is 0. The van der Waals surface area contributed by atoms with E-state index in [4.69, 9.17) is 10.5 Å². The van der Waals surface area contributed by atoms with Gasteiger partial charge >= 0.3 is 88.7 Å². The molecule has 0 spiro atoms. The zero-order valence-electron chi connectivity index (χ0n) is 32.1. The maximum atomic E-state index is 12.5. The van der Waals surface area contributed by atoms with Gasteiger partial charge < -0.3 is 64.5 Å². The minimum absolute atomic E-state index is 0. The van der Waals surface area contributed by atoms with E-state index in [-0.39, 0.29) is 130 Å². The van der Waals surface area contributed by atoms with E-state index in [1.807, 2.05) is 6.92 Å². The number of aliphatic hydroxyl groups is 2. The summed E-state index contributed by atoms with van der Waals surface area (Å²) in [5.41, 5.74) is 4.12. The van der Waals surface area contributed by atoms with E-state index < -0.39 is 84.6 Å². The predicted molar refractivity (Wildman–Crippen MR) is 180 cm³/mol. The smallest absolute Gasteiger partial charge is 0.756 e. The van der Waals surface area contributed by atoms with Gasteiger partial charge in [-0.15, -0.1) is 0 Å². The summed E-state index contributed by atoms with van der Waals surface area (Å²) in [5.74, 6) is -1.14. The third-order valence-corrected chi connectivity index (χ3v) is 11.4. The first-order chi connectivity index (χ1) is 25.1. The first-order valence-electron chi connectivity index (χ1n) is 16.0. The number of rotatable bonds is 22. The molecule has 0 bridgehead atoms. The molecule has 2 aromatic rings. The number of thioether (sulfide) groups is 1. The van der Waals surface area contributed by atoms with E-state index in [2.05, 4.69) is 43.5 Å².